The van der Waals surface area contributed by atoms with Crippen LogP contribution in [0.5, 0.6) is 5.75 Å². The first kappa shape index (κ1) is 66.3. The molecule has 11 atom stereocenters. The van der Waals surface area contributed by atoms with E-state index in [1.807, 2.05) is 27.7 Å². The molecule has 0 saturated carbocycles. The van der Waals surface area contributed by atoms with Gasteiger partial charge in [-0.1, -0.05) is 116 Å². The number of likely N-dealkylation sites (N-methyl/N-ethyl adjacent to an activating group) is 2. The average molecular weight is 1150 g/mol. The lowest BCUT2D eigenvalue weighted by molar-refractivity contribution is -0.163. The number of carbonyl (C=O) groups excluding carboxylic acids is 10. The van der Waals surface area contributed by atoms with E-state index in [-0.39, 0.29) is 55.4 Å². The molecule has 20 nitrogen and oxygen atoms in total. The molecular formula is C63H86N6O14. The van der Waals surface area contributed by atoms with Gasteiger partial charge in [0, 0.05) is 43.8 Å². The van der Waals surface area contributed by atoms with Gasteiger partial charge in [-0.15, -0.1) is 0 Å². The van der Waals surface area contributed by atoms with Crippen molar-refractivity contribution in [1.82, 2.24) is 30.7 Å². The Kier molecular flexibility index (Phi) is 24.1. The summed E-state index contributed by atoms with van der Waals surface area (Å²) in [5, 5.41) is 20.2. The van der Waals surface area contributed by atoms with Gasteiger partial charge in [0.1, 0.15) is 42.1 Å². The van der Waals surface area contributed by atoms with Crippen molar-refractivity contribution in [2.75, 3.05) is 27.7 Å². The summed E-state index contributed by atoms with van der Waals surface area (Å²) in [4.78, 5) is 148. The van der Waals surface area contributed by atoms with E-state index in [0.29, 0.717) is 35.3 Å². The normalized spacial score (nSPS) is 24.5. The number of carbonyl (C=O) groups is 10. The lowest BCUT2D eigenvalue weighted by Crippen LogP contribution is -2.61. The highest BCUT2D eigenvalue weighted by molar-refractivity contribution is 6.09. The fourth-order valence-electron chi connectivity index (χ4n) is 10.5. The maximum absolute atomic E-state index is 15.1. The Labute approximate surface area is 488 Å². The first-order valence-electron chi connectivity index (χ1n) is 28.9. The highest BCUT2D eigenvalue weighted by Crippen LogP contribution is 2.27. The largest absolute Gasteiger partial charge is 0.497 e. The number of cyclic esters (lactones) is 2. The Morgan fingerprint density at radius 3 is 1.99 bits per heavy atom. The second kappa shape index (κ2) is 30.2. The van der Waals surface area contributed by atoms with Crippen LogP contribution in [0.15, 0.2) is 78.9 Å². The van der Waals surface area contributed by atoms with Crippen LogP contribution in [0, 0.1) is 29.6 Å². The molecule has 5 unspecified atom stereocenters. The predicted octanol–water partition coefficient (Wildman–Crippen LogP) is 5.49. The van der Waals surface area contributed by atoms with Crippen molar-refractivity contribution >= 4 is 58.9 Å². The summed E-state index contributed by atoms with van der Waals surface area (Å²) in [7, 11) is 4.33. The molecule has 2 aliphatic heterocycles. The number of nitrogens with zero attached hydrogens (tertiary/aromatic N) is 3. The van der Waals surface area contributed by atoms with Crippen LogP contribution >= 0.6 is 0 Å². The minimum absolute atomic E-state index is 0.0934. The number of esters is 2. The zero-order valence-corrected chi connectivity index (χ0v) is 50.3. The molecule has 0 aromatic heterocycles. The molecular weight excluding hydrogens is 1060 g/mol. The number of ether oxygens (including phenoxy) is 3. The summed E-state index contributed by atoms with van der Waals surface area (Å²) >= 11 is 0. The van der Waals surface area contributed by atoms with Crippen molar-refractivity contribution in [2.24, 2.45) is 29.6 Å². The summed E-state index contributed by atoms with van der Waals surface area (Å²) in [5.74, 6) is -9.78. The Balaban J connectivity index is 1.60. The molecule has 2 heterocycles. The molecule has 2 fully saturated rings. The summed E-state index contributed by atoms with van der Waals surface area (Å²) in [6.07, 6.45) is -4.30. The zero-order valence-electron chi connectivity index (χ0n) is 50.3. The molecule has 4 N–H and O–H groups in total. The van der Waals surface area contributed by atoms with Gasteiger partial charge in [-0.2, -0.15) is 0 Å². The molecule has 20 heteroatoms. The summed E-state index contributed by atoms with van der Waals surface area (Å²) < 4.78 is 17.3. The fraction of sp³-hybridized carbons (Fsp3) is 0.556. The van der Waals surface area contributed by atoms with Gasteiger partial charge in [-0.25, -0.2) is 4.79 Å². The first-order valence-corrected chi connectivity index (χ1v) is 28.9. The summed E-state index contributed by atoms with van der Waals surface area (Å²) in [6.45, 7) is 17.0. The lowest BCUT2D eigenvalue weighted by Gasteiger charge is -2.36. The molecule has 6 amide bonds. The topological polar surface area (TPSA) is 264 Å². The molecule has 0 spiro atoms. The number of aliphatic hydroxyl groups excluding tert-OH is 1. The standard InChI is InChI=1S/C63H86N6O14/c1-14-38(8)52-50(70)34-51(71)83-56(37(6)7)54(72)39(9)57(74)64-46(31-35(2)3)61(78)69-30-18-21-47(69)62(79)68(12)49(33-41-22-28-45(81-13)29-23-41)63(80)82-40(10)53(59(76)65-52)66-58(75)48(32-36(4)5)67(11)60(77)44-26-24-43(25-27-44)55(73)42-19-16-15-17-20-42/h15-17,19-20,22-29,35-40,46-50,52-53,56,70H,14,18,21,30-34H2,1-13H3,(H,64,74)(H,65,76)(H,66,75)/t38-,39-,40+,46?,47-,48+,49?,50-,52?,53?,56?/m0/s1. The number of methoxy groups -OCH3 is 1. The number of fused-ring (bicyclic) bond motifs is 1. The van der Waals surface area contributed by atoms with E-state index in [2.05, 4.69) is 16.0 Å². The number of Topliss-reactive ketones (excluding diaryl/α,β-unsaturated/α-hetero) is 1. The predicted molar refractivity (Wildman–Crippen MR) is 309 cm³/mol. The molecule has 2 aliphatic rings. The molecule has 452 valence electrons. The van der Waals surface area contributed by atoms with Crippen LogP contribution in [0.4, 0.5) is 0 Å². The van der Waals surface area contributed by atoms with Crippen molar-refractivity contribution < 1.29 is 67.3 Å². The highest BCUT2D eigenvalue weighted by Gasteiger charge is 2.45. The van der Waals surface area contributed by atoms with Gasteiger partial charge in [-0.3, -0.25) is 43.2 Å². The number of hydrogen-bond donors (Lipinski definition) is 4. The maximum Gasteiger partial charge on any atom is 0.329 e. The Hall–Kier alpha value is -7.48. The minimum atomic E-state index is -1.75. The maximum atomic E-state index is 15.1. The van der Waals surface area contributed by atoms with Crippen molar-refractivity contribution in [3.63, 3.8) is 0 Å². The van der Waals surface area contributed by atoms with E-state index >= 15 is 9.59 Å². The number of ketones is 2. The lowest BCUT2D eigenvalue weighted by atomic mass is 9.91. The van der Waals surface area contributed by atoms with Crippen molar-refractivity contribution in [1.29, 1.82) is 0 Å². The number of nitrogens with one attached hydrogen (secondary N) is 3. The van der Waals surface area contributed by atoms with E-state index in [1.165, 1.54) is 74.0 Å². The number of rotatable bonds is 16. The van der Waals surface area contributed by atoms with Gasteiger partial charge < -0.3 is 50.0 Å². The second-order valence-electron chi connectivity index (χ2n) is 23.3. The molecule has 83 heavy (non-hydrogen) atoms. The van der Waals surface area contributed by atoms with Gasteiger partial charge >= 0.3 is 11.9 Å². The van der Waals surface area contributed by atoms with E-state index in [0.717, 1.165) is 0 Å². The quantitative estimate of drug-likeness (QED) is 0.0786. The van der Waals surface area contributed by atoms with E-state index in [1.54, 1.807) is 82.3 Å². The average Bonchev–Trinajstić information content (AvgIpc) is 4.24. The molecule has 3 aromatic carbocycles. The number of hydrogen-bond acceptors (Lipinski definition) is 14. The molecule has 0 aliphatic carbocycles. The van der Waals surface area contributed by atoms with Crippen LogP contribution < -0.4 is 20.7 Å². The molecule has 0 bridgehead atoms. The Morgan fingerprint density at radius 1 is 0.795 bits per heavy atom. The van der Waals surface area contributed by atoms with E-state index in [9.17, 15) is 43.5 Å². The van der Waals surface area contributed by atoms with Gasteiger partial charge in [0.25, 0.3) is 5.91 Å². The van der Waals surface area contributed by atoms with E-state index in [4.69, 9.17) is 14.2 Å². The van der Waals surface area contributed by atoms with Crippen molar-refractivity contribution in [3.8, 4) is 5.75 Å². The third-order valence-electron chi connectivity index (χ3n) is 15.7. The van der Waals surface area contributed by atoms with Crippen LogP contribution in [-0.2, 0) is 54.3 Å². The third kappa shape index (κ3) is 17.3. The first-order chi connectivity index (χ1) is 39.2. The van der Waals surface area contributed by atoms with Gasteiger partial charge in [0.15, 0.2) is 17.7 Å². The Morgan fingerprint density at radius 2 is 1.41 bits per heavy atom. The van der Waals surface area contributed by atoms with Crippen molar-refractivity contribution in [3.05, 3.63) is 101 Å². The van der Waals surface area contributed by atoms with Crippen LogP contribution in [0.3, 0.4) is 0 Å². The van der Waals surface area contributed by atoms with Gasteiger partial charge in [0.2, 0.25) is 29.5 Å². The number of benzene rings is 3. The molecule has 2 saturated heterocycles. The summed E-state index contributed by atoms with van der Waals surface area (Å²) in [5.41, 5.74) is 1.54. The van der Waals surface area contributed by atoms with Crippen molar-refractivity contribution in [2.45, 2.75) is 169 Å². The fourth-order valence-corrected chi connectivity index (χ4v) is 10.5. The van der Waals surface area contributed by atoms with Crippen LogP contribution in [0.1, 0.15) is 140 Å². The van der Waals surface area contributed by atoms with Crippen LogP contribution in [0.25, 0.3) is 0 Å². The second-order valence-corrected chi connectivity index (χ2v) is 23.3. The highest BCUT2D eigenvalue weighted by atomic mass is 16.6. The third-order valence-corrected chi connectivity index (χ3v) is 15.7. The molecule has 0 radical (unpaired) electrons. The zero-order chi connectivity index (χ0) is 61.6. The number of amides is 6. The molecule has 3 aromatic rings. The monoisotopic (exact) mass is 1150 g/mol. The minimum Gasteiger partial charge on any atom is -0.497 e. The SMILES string of the molecule is CC[C@H](C)C1NC(=O)C(NC(=O)[C@@H](CC(C)C)N(C)C(=O)c2ccc(C(=O)c3ccccc3)cc2)[C@@H](C)OC(=O)C(Cc2ccc(OC)cc2)N(C)C(=O)[C@@H]2CCCN2C(=O)C(CC(C)C)NC(=O)[C@@H](C)C(=O)C(C(C)C)OC(=O)C[C@@H]1O. The smallest absolute Gasteiger partial charge is 0.329 e. The Bertz CT molecular complexity index is 2770. The number of aliphatic hydroxyl groups is 1. The summed E-state index contributed by atoms with van der Waals surface area (Å²) in [6, 6.07) is 13.5. The molecule has 5 rings (SSSR count). The van der Waals surface area contributed by atoms with E-state index < -0.39 is 132 Å². The van der Waals surface area contributed by atoms with Crippen LogP contribution in [0.2, 0.25) is 0 Å². The van der Waals surface area contributed by atoms with Crippen LogP contribution in [-0.4, -0.2) is 161 Å². The van der Waals surface area contributed by atoms with Gasteiger partial charge in [0.05, 0.1) is 31.6 Å². The van der Waals surface area contributed by atoms with Gasteiger partial charge in [-0.05, 0) is 93.0 Å².